The summed E-state index contributed by atoms with van der Waals surface area (Å²) in [4.78, 5) is 10.1. The SMILES string of the molecule is C[Si](C)(COP(O)OC[Si](C)(C)c1ccccc1)c1ccccc1. The van der Waals surface area contributed by atoms with Gasteiger partial charge in [0.15, 0.2) is 0 Å². The largest absolute Gasteiger partial charge is 0.329 e. The van der Waals surface area contributed by atoms with Gasteiger partial charge in [0, 0.05) is 0 Å². The molecule has 1 N–H and O–H groups in total. The van der Waals surface area contributed by atoms with E-state index >= 15 is 0 Å². The molecule has 0 aliphatic heterocycles. The van der Waals surface area contributed by atoms with Crippen molar-refractivity contribution in [2.24, 2.45) is 0 Å². The van der Waals surface area contributed by atoms with Gasteiger partial charge < -0.3 is 13.9 Å². The van der Waals surface area contributed by atoms with E-state index in [9.17, 15) is 4.89 Å². The summed E-state index contributed by atoms with van der Waals surface area (Å²) in [5.41, 5.74) is 0. The topological polar surface area (TPSA) is 38.7 Å². The molecular formula is C18H27O3PSi2. The summed E-state index contributed by atoms with van der Waals surface area (Å²) in [6.45, 7) is 8.98. The van der Waals surface area contributed by atoms with Crippen LogP contribution in [0.25, 0.3) is 0 Å². The molecule has 0 unspecified atom stereocenters. The van der Waals surface area contributed by atoms with Crippen LogP contribution in [0.3, 0.4) is 0 Å². The first-order chi connectivity index (χ1) is 11.3. The molecule has 6 heteroatoms. The summed E-state index contributed by atoms with van der Waals surface area (Å²) in [5.74, 6) is 0. The Hall–Kier alpha value is -0.816. The maximum atomic E-state index is 10.1. The fourth-order valence-corrected chi connectivity index (χ4v) is 8.48. The Labute approximate surface area is 148 Å². The molecule has 130 valence electrons. The molecule has 0 aliphatic carbocycles. The van der Waals surface area contributed by atoms with Crippen LogP contribution in [-0.4, -0.2) is 33.5 Å². The number of benzene rings is 2. The molecule has 0 saturated heterocycles. The second kappa shape index (κ2) is 8.52. The van der Waals surface area contributed by atoms with Crippen molar-refractivity contribution in [1.82, 2.24) is 0 Å². The first kappa shape index (κ1) is 19.5. The standard InChI is InChI=1S/C18H27O3PSi2/c1-23(2,17-11-7-5-8-12-17)15-20-22(19)21-16-24(3,4)18-13-9-6-10-14-18/h5-14,19H,15-16H2,1-4H3. The normalized spacial score (nSPS) is 12.6. The monoisotopic (exact) mass is 378 g/mol. The summed E-state index contributed by atoms with van der Waals surface area (Å²) in [6.07, 6.45) is 1.12. The molecule has 24 heavy (non-hydrogen) atoms. The maximum Gasteiger partial charge on any atom is 0.329 e. The average molecular weight is 379 g/mol. The maximum absolute atomic E-state index is 10.1. The van der Waals surface area contributed by atoms with Crippen LogP contribution in [0.5, 0.6) is 0 Å². The van der Waals surface area contributed by atoms with Gasteiger partial charge in [-0.3, -0.25) is 0 Å². The van der Waals surface area contributed by atoms with E-state index in [1.807, 2.05) is 12.1 Å². The molecule has 2 aromatic rings. The highest BCUT2D eigenvalue weighted by atomic mass is 31.2. The van der Waals surface area contributed by atoms with Gasteiger partial charge in [0.1, 0.15) is 16.1 Å². The molecule has 0 fully saturated rings. The average Bonchev–Trinajstić information content (AvgIpc) is 2.60. The first-order valence-electron chi connectivity index (χ1n) is 8.17. The fraction of sp³-hybridized carbons (Fsp3) is 0.333. The number of hydrogen-bond acceptors (Lipinski definition) is 3. The van der Waals surface area contributed by atoms with Crippen LogP contribution >= 0.6 is 8.60 Å². The van der Waals surface area contributed by atoms with Gasteiger partial charge in [0.2, 0.25) is 0 Å². The molecule has 0 aromatic heterocycles. The molecule has 0 heterocycles. The lowest BCUT2D eigenvalue weighted by Crippen LogP contribution is -2.47. The molecule has 2 rings (SSSR count). The molecule has 0 spiro atoms. The molecule has 3 nitrogen and oxygen atoms in total. The summed E-state index contributed by atoms with van der Waals surface area (Å²) < 4.78 is 11.3. The van der Waals surface area contributed by atoms with Gasteiger partial charge in [0.25, 0.3) is 0 Å². The molecule has 0 radical (unpaired) electrons. The van der Waals surface area contributed by atoms with E-state index in [1.165, 1.54) is 10.4 Å². The van der Waals surface area contributed by atoms with Crippen molar-refractivity contribution >= 4 is 35.1 Å². The summed E-state index contributed by atoms with van der Waals surface area (Å²) in [5, 5.41) is 2.65. The van der Waals surface area contributed by atoms with Crippen molar-refractivity contribution in [1.29, 1.82) is 0 Å². The minimum atomic E-state index is -1.82. The van der Waals surface area contributed by atoms with E-state index in [0.717, 1.165) is 0 Å². The van der Waals surface area contributed by atoms with Gasteiger partial charge in [0.05, 0.1) is 12.5 Å². The zero-order valence-corrected chi connectivity index (χ0v) is 17.8. The third-order valence-corrected chi connectivity index (χ3v) is 10.9. The van der Waals surface area contributed by atoms with Crippen molar-refractivity contribution in [2.45, 2.75) is 26.2 Å². The minimum Gasteiger partial charge on any atom is -0.328 e. The van der Waals surface area contributed by atoms with Crippen LogP contribution < -0.4 is 10.4 Å². The van der Waals surface area contributed by atoms with Gasteiger partial charge in [-0.1, -0.05) is 97.2 Å². The Morgan fingerprint density at radius 2 is 1.04 bits per heavy atom. The smallest absolute Gasteiger partial charge is 0.328 e. The van der Waals surface area contributed by atoms with Crippen LogP contribution in [0.4, 0.5) is 0 Å². The summed E-state index contributed by atoms with van der Waals surface area (Å²) >= 11 is 0. The van der Waals surface area contributed by atoms with Gasteiger partial charge in [-0.2, -0.15) is 0 Å². The molecule has 0 saturated carbocycles. The quantitative estimate of drug-likeness (QED) is 0.564. The van der Waals surface area contributed by atoms with E-state index in [0.29, 0.717) is 12.5 Å². The molecule has 0 atom stereocenters. The van der Waals surface area contributed by atoms with E-state index in [2.05, 4.69) is 74.7 Å². The second-order valence-electron chi connectivity index (χ2n) is 7.28. The van der Waals surface area contributed by atoms with Gasteiger partial charge in [-0.25, -0.2) is 0 Å². The lowest BCUT2D eigenvalue weighted by atomic mass is 10.4. The zero-order chi connectivity index (χ0) is 17.6. The molecular weight excluding hydrogens is 351 g/mol. The van der Waals surface area contributed by atoms with Crippen LogP contribution in [-0.2, 0) is 9.05 Å². The van der Waals surface area contributed by atoms with Crippen LogP contribution in [0.2, 0.25) is 26.2 Å². The van der Waals surface area contributed by atoms with Crippen molar-refractivity contribution in [3.8, 4) is 0 Å². The van der Waals surface area contributed by atoms with Gasteiger partial charge in [-0.05, 0) is 0 Å². The van der Waals surface area contributed by atoms with Crippen molar-refractivity contribution in [2.75, 3.05) is 12.5 Å². The fourth-order valence-electron chi connectivity index (χ4n) is 2.42. The predicted molar refractivity (Wildman–Crippen MR) is 108 cm³/mol. The highest BCUT2D eigenvalue weighted by molar-refractivity contribution is 7.40. The van der Waals surface area contributed by atoms with Crippen LogP contribution in [0.1, 0.15) is 0 Å². The van der Waals surface area contributed by atoms with Gasteiger partial charge in [-0.15, -0.1) is 0 Å². The van der Waals surface area contributed by atoms with Gasteiger partial charge >= 0.3 is 8.60 Å². The van der Waals surface area contributed by atoms with E-state index in [-0.39, 0.29) is 0 Å². The Morgan fingerprint density at radius 3 is 1.38 bits per heavy atom. The predicted octanol–water partition coefficient (Wildman–Crippen LogP) is 3.55. The summed E-state index contributed by atoms with van der Waals surface area (Å²) in [6, 6.07) is 20.8. The highest BCUT2D eigenvalue weighted by Gasteiger charge is 2.28. The highest BCUT2D eigenvalue weighted by Crippen LogP contribution is 2.34. The molecule has 0 amide bonds. The van der Waals surface area contributed by atoms with E-state index in [1.54, 1.807) is 0 Å². The van der Waals surface area contributed by atoms with E-state index in [4.69, 9.17) is 9.05 Å². The lowest BCUT2D eigenvalue weighted by Gasteiger charge is -2.26. The lowest BCUT2D eigenvalue weighted by molar-refractivity contribution is 0.244. The van der Waals surface area contributed by atoms with Crippen molar-refractivity contribution in [3.63, 3.8) is 0 Å². The number of rotatable bonds is 8. The van der Waals surface area contributed by atoms with Crippen LogP contribution in [0, 0.1) is 0 Å². The third-order valence-electron chi connectivity index (χ3n) is 4.18. The minimum absolute atomic E-state index is 0.562. The first-order valence-corrected chi connectivity index (χ1v) is 15.7. The Balaban J connectivity index is 1.84. The second-order valence-corrected chi connectivity index (χ2v) is 17.5. The van der Waals surface area contributed by atoms with Crippen molar-refractivity contribution in [3.05, 3.63) is 60.7 Å². The van der Waals surface area contributed by atoms with E-state index < -0.39 is 24.8 Å². The Bertz CT molecular complexity index is 565. The Kier molecular flexibility index (Phi) is 6.92. The molecule has 0 bridgehead atoms. The van der Waals surface area contributed by atoms with Crippen LogP contribution in [0.15, 0.2) is 60.7 Å². The Morgan fingerprint density at radius 1 is 0.708 bits per heavy atom. The summed E-state index contributed by atoms with van der Waals surface area (Å²) in [7, 11) is -5.25. The number of hydrogen-bond donors (Lipinski definition) is 1. The zero-order valence-electron chi connectivity index (χ0n) is 14.9. The molecule has 0 aliphatic rings. The third kappa shape index (κ3) is 5.62. The molecule has 2 aromatic carbocycles. The van der Waals surface area contributed by atoms with Crippen molar-refractivity contribution < 1.29 is 13.9 Å².